The van der Waals surface area contributed by atoms with E-state index in [4.69, 9.17) is 5.73 Å². The van der Waals surface area contributed by atoms with E-state index in [1.807, 2.05) is 0 Å². The molecule has 0 spiro atoms. The van der Waals surface area contributed by atoms with E-state index >= 15 is 0 Å². The van der Waals surface area contributed by atoms with Crippen molar-refractivity contribution in [2.75, 3.05) is 6.54 Å². The maximum absolute atomic E-state index is 11.9. The molecule has 0 radical (unpaired) electrons. The molecule has 0 fully saturated rings. The van der Waals surface area contributed by atoms with Crippen LogP contribution in [0.15, 0.2) is 60.7 Å². The van der Waals surface area contributed by atoms with E-state index in [-0.39, 0.29) is 12.5 Å². The minimum absolute atomic E-state index is 0.246. The van der Waals surface area contributed by atoms with Crippen LogP contribution in [0.5, 0.6) is 0 Å². The second-order valence-electron chi connectivity index (χ2n) is 4.86. The summed E-state index contributed by atoms with van der Waals surface area (Å²) in [7, 11) is 0. The molecule has 1 unspecified atom stereocenters. The molecule has 118 valence electrons. The second-order valence-corrected chi connectivity index (χ2v) is 4.86. The molecule has 0 aliphatic carbocycles. The molecule has 0 aliphatic rings. The first kappa shape index (κ1) is 16.2. The number of amides is 3. The van der Waals surface area contributed by atoms with Crippen LogP contribution in [0.2, 0.25) is 0 Å². The van der Waals surface area contributed by atoms with Gasteiger partial charge >= 0.3 is 0 Å². The van der Waals surface area contributed by atoms with Crippen LogP contribution in [0.4, 0.5) is 0 Å². The largest absolute Gasteiger partial charge is 0.368 e. The Morgan fingerprint density at radius 1 is 0.913 bits per heavy atom. The van der Waals surface area contributed by atoms with Crippen molar-refractivity contribution in [3.63, 3.8) is 0 Å². The van der Waals surface area contributed by atoms with Gasteiger partial charge in [-0.25, -0.2) is 0 Å². The van der Waals surface area contributed by atoms with Gasteiger partial charge in [0.15, 0.2) is 0 Å². The van der Waals surface area contributed by atoms with Crippen molar-refractivity contribution in [3.8, 4) is 0 Å². The number of hydrogen-bond donors (Lipinski definition) is 3. The zero-order chi connectivity index (χ0) is 16.7. The van der Waals surface area contributed by atoms with Gasteiger partial charge in [-0.1, -0.05) is 48.5 Å². The molecule has 0 aromatic heterocycles. The lowest BCUT2D eigenvalue weighted by molar-refractivity contribution is -0.126. The van der Waals surface area contributed by atoms with Gasteiger partial charge in [0.1, 0.15) is 6.04 Å². The third kappa shape index (κ3) is 4.67. The van der Waals surface area contributed by atoms with Crippen LogP contribution in [0.25, 0.3) is 0 Å². The highest BCUT2D eigenvalue weighted by molar-refractivity contribution is 5.97. The Balaban J connectivity index is 1.93. The van der Waals surface area contributed by atoms with Crippen LogP contribution in [0.3, 0.4) is 0 Å². The number of nitrogens with one attached hydrogen (secondary N) is 2. The van der Waals surface area contributed by atoms with Gasteiger partial charge in [-0.3, -0.25) is 14.4 Å². The highest BCUT2D eigenvalue weighted by Crippen LogP contribution is 2.11. The quantitative estimate of drug-likeness (QED) is 0.734. The number of nitrogens with two attached hydrogens (primary N) is 1. The number of carbonyl (C=O) groups is 3. The highest BCUT2D eigenvalue weighted by Gasteiger charge is 2.20. The van der Waals surface area contributed by atoms with Gasteiger partial charge < -0.3 is 16.4 Å². The van der Waals surface area contributed by atoms with Crippen molar-refractivity contribution in [1.82, 2.24) is 10.6 Å². The van der Waals surface area contributed by atoms with Gasteiger partial charge in [-0.05, 0) is 17.7 Å². The lowest BCUT2D eigenvalue weighted by Gasteiger charge is -2.16. The molecular weight excluding hydrogens is 294 g/mol. The first-order chi connectivity index (χ1) is 11.1. The predicted octanol–water partition coefficient (Wildman–Crippen LogP) is 0.759. The Morgan fingerprint density at radius 2 is 1.48 bits per heavy atom. The fourth-order valence-electron chi connectivity index (χ4n) is 2.03. The van der Waals surface area contributed by atoms with Crippen LogP contribution in [-0.4, -0.2) is 24.3 Å². The van der Waals surface area contributed by atoms with E-state index in [2.05, 4.69) is 10.6 Å². The van der Waals surface area contributed by atoms with E-state index < -0.39 is 17.9 Å². The van der Waals surface area contributed by atoms with Gasteiger partial charge in [-0.2, -0.15) is 0 Å². The van der Waals surface area contributed by atoms with Gasteiger partial charge in [0.2, 0.25) is 11.8 Å². The molecule has 0 aliphatic heterocycles. The minimum atomic E-state index is -0.933. The number of hydrogen-bond acceptors (Lipinski definition) is 3. The van der Waals surface area contributed by atoms with E-state index in [1.165, 1.54) is 0 Å². The lowest BCUT2D eigenvalue weighted by atomic mass is 10.1. The number of carbonyl (C=O) groups excluding carboxylic acids is 3. The zero-order valence-corrected chi connectivity index (χ0v) is 12.4. The Bertz CT molecular complexity index is 687. The molecule has 3 amide bonds. The van der Waals surface area contributed by atoms with Crippen LogP contribution in [0, 0.1) is 0 Å². The van der Waals surface area contributed by atoms with Crippen molar-refractivity contribution < 1.29 is 14.4 Å². The summed E-state index contributed by atoms with van der Waals surface area (Å²) in [6.45, 7) is -0.246. The fraction of sp³-hybridized carbons (Fsp3) is 0.118. The smallest absolute Gasteiger partial charge is 0.251 e. The molecule has 23 heavy (non-hydrogen) atoms. The molecule has 0 saturated carbocycles. The summed E-state index contributed by atoms with van der Waals surface area (Å²) in [6.07, 6.45) is 0. The minimum Gasteiger partial charge on any atom is -0.368 e. The fourth-order valence-corrected chi connectivity index (χ4v) is 2.03. The summed E-state index contributed by atoms with van der Waals surface area (Å²) >= 11 is 0. The van der Waals surface area contributed by atoms with E-state index in [0.717, 1.165) is 0 Å². The molecule has 0 heterocycles. The normalized spacial score (nSPS) is 11.3. The molecule has 2 rings (SSSR count). The van der Waals surface area contributed by atoms with E-state index in [1.54, 1.807) is 60.7 Å². The van der Waals surface area contributed by atoms with Gasteiger partial charge in [-0.15, -0.1) is 0 Å². The van der Waals surface area contributed by atoms with E-state index in [0.29, 0.717) is 11.1 Å². The molecular formula is C17H17N3O3. The van der Waals surface area contributed by atoms with Crippen LogP contribution >= 0.6 is 0 Å². The predicted molar refractivity (Wildman–Crippen MR) is 85.3 cm³/mol. The third-order valence-corrected chi connectivity index (χ3v) is 3.17. The van der Waals surface area contributed by atoms with Gasteiger partial charge in [0.25, 0.3) is 5.91 Å². The molecule has 6 heteroatoms. The Kier molecular flexibility index (Phi) is 5.46. The molecule has 0 bridgehead atoms. The van der Waals surface area contributed by atoms with Crippen molar-refractivity contribution >= 4 is 17.7 Å². The standard InChI is InChI=1S/C17H17N3O3/c18-16(22)15(12-7-3-1-4-8-12)20-14(21)11-19-17(23)13-9-5-2-6-10-13/h1-10,15H,11H2,(H2,18,22)(H,19,23)(H,20,21). The van der Waals surface area contributed by atoms with Crippen LogP contribution < -0.4 is 16.4 Å². The average molecular weight is 311 g/mol. The zero-order valence-electron chi connectivity index (χ0n) is 12.4. The van der Waals surface area contributed by atoms with Crippen molar-refractivity contribution in [1.29, 1.82) is 0 Å². The van der Waals surface area contributed by atoms with Crippen LogP contribution in [-0.2, 0) is 9.59 Å². The van der Waals surface area contributed by atoms with E-state index in [9.17, 15) is 14.4 Å². The maximum atomic E-state index is 11.9. The first-order valence-electron chi connectivity index (χ1n) is 7.05. The summed E-state index contributed by atoms with van der Waals surface area (Å²) in [5.41, 5.74) is 6.36. The topological polar surface area (TPSA) is 101 Å². The number of rotatable bonds is 6. The lowest BCUT2D eigenvalue weighted by Crippen LogP contribution is -2.42. The summed E-state index contributed by atoms with van der Waals surface area (Å²) < 4.78 is 0. The SMILES string of the molecule is NC(=O)C(NC(=O)CNC(=O)c1ccccc1)c1ccccc1. The van der Waals surface area contributed by atoms with Crippen LogP contribution in [0.1, 0.15) is 22.0 Å². The molecule has 0 saturated heterocycles. The second kappa shape index (κ2) is 7.74. The molecule has 2 aromatic rings. The highest BCUT2D eigenvalue weighted by atomic mass is 16.2. The molecule has 1 atom stereocenters. The number of benzene rings is 2. The summed E-state index contributed by atoms with van der Waals surface area (Å²) in [4.78, 5) is 35.3. The number of primary amides is 1. The third-order valence-electron chi connectivity index (χ3n) is 3.17. The van der Waals surface area contributed by atoms with Crippen molar-refractivity contribution in [3.05, 3.63) is 71.8 Å². The summed E-state index contributed by atoms with van der Waals surface area (Å²) in [6, 6.07) is 16.3. The monoisotopic (exact) mass is 311 g/mol. The summed E-state index contributed by atoms with van der Waals surface area (Å²) in [5, 5.41) is 5.00. The maximum Gasteiger partial charge on any atom is 0.251 e. The molecule has 4 N–H and O–H groups in total. The van der Waals surface area contributed by atoms with Gasteiger partial charge in [0.05, 0.1) is 6.54 Å². The van der Waals surface area contributed by atoms with Crippen molar-refractivity contribution in [2.24, 2.45) is 5.73 Å². The Morgan fingerprint density at radius 3 is 2.04 bits per heavy atom. The average Bonchev–Trinajstić information content (AvgIpc) is 2.58. The first-order valence-corrected chi connectivity index (χ1v) is 7.05. The Hall–Kier alpha value is -3.15. The Labute approximate surface area is 133 Å². The van der Waals surface area contributed by atoms with Crippen molar-refractivity contribution in [2.45, 2.75) is 6.04 Å². The summed E-state index contributed by atoms with van der Waals surface area (Å²) in [5.74, 6) is -1.53. The van der Waals surface area contributed by atoms with Gasteiger partial charge in [0, 0.05) is 5.56 Å². The molecule has 6 nitrogen and oxygen atoms in total. The molecule has 2 aromatic carbocycles.